The Morgan fingerprint density at radius 3 is 2.00 bits per heavy atom. The molecule has 0 aromatic heterocycles. The molecular weight excluding hydrogens is 162 g/mol. The summed E-state index contributed by atoms with van der Waals surface area (Å²) in [4.78, 5) is 0. The summed E-state index contributed by atoms with van der Waals surface area (Å²) in [5, 5.41) is 3.91. The smallest absolute Gasteiger partial charge is 0.0847 e. The maximum atomic E-state index is 6.04. The van der Waals surface area contributed by atoms with E-state index in [1.165, 1.54) is 0 Å². The third-order valence-corrected chi connectivity index (χ3v) is 2.51. The number of hydrogen-bond acceptors (Lipinski definition) is 3. The van der Waals surface area contributed by atoms with Crippen molar-refractivity contribution >= 4 is 0 Å². The second-order valence-corrected chi connectivity index (χ2v) is 3.43. The quantitative estimate of drug-likeness (QED) is 0.524. The molecule has 3 heteroatoms. The molecule has 0 unspecified atom stereocenters. The fraction of sp³-hybridized carbons (Fsp3) is 0.600. The zero-order valence-electron chi connectivity index (χ0n) is 8.70. The van der Waals surface area contributed by atoms with E-state index >= 15 is 0 Å². The Hall–Kier alpha value is -0.640. The molecule has 1 aliphatic rings. The van der Waals surface area contributed by atoms with Crippen molar-refractivity contribution in [1.29, 1.82) is 0 Å². The molecule has 1 aliphatic carbocycles. The largest absolute Gasteiger partial charge is 0.254 e. The molecule has 2 N–H and O–H groups in total. The van der Waals surface area contributed by atoms with Crippen LogP contribution in [0, 0.1) is 0 Å². The number of hydrogen-bond donors (Lipinski definition) is 1. The SMILES string of the molecule is CCN(CC)N(N)C1(C)C=CC=C1. The minimum Gasteiger partial charge on any atom is -0.254 e. The van der Waals surface area contributed by atoms with Crippen LogP contribution in [-0.4, -0.2) is 28.8 Å². The summed E-state index contributed by atoms with van der Waals surface area (Å²) in [6, 6.07) is 0. The Labute approximate surface area is 80.4 Å². The van der Waals surface area contributed by atoms with Crippen LogP contribution < -0.4 is 5.84 Å². The van der Waals surface area contributed by atoms with Gasteiger partial charge in [0.15, 0.2) is 0 Å². The van der Waals surface area contributed by atoms with Gasteiger partial charge in [-0.2, -0.15) is 5.12 Å². The third-order valence-electron chi connectivity index (χ3n) is 2.51. The highest BCUT2D eigenvalue weighted by Gasteiger charge is 2.28. The zero-order chi connectivity index (χ0) is 9.90. The van der Waals surface area contributed by atoms with Crippen LogP contribution in [-0.2, 0) is 0 Å². The third kappa shape index (κ3) is 1.99. The summed E-state index contributed by atoms with van der Waals surface area (Å²) < 4.78 is 0. The number of nitrogens with zero attached hydrogens (tertiary/aromatic N) is 2. The van der Waals surface area contributed by atoms with Gasteiger partial charge in [0.25, 0.3) is 0 Å². The number of hydrazine groups is 2. The average Bonchev–Trinajstić information content (AvgIpc) is 2.55. The van der Waals surface area contributed by atoms with Crippen molar-refractivity contribution in [1.82, 2.24) is 10.1 Å². The molecular formula is C10H19N3. The second kappa shape index (κ2) is 4.05. The van der Waals surface area contributed by atoms with E-state index in [0.29, 0.717) is 0 Å². The molecule has 0 spiro atoms. The summed E-state index contributed by atoms with van der Waals surface area (Å²) in [5.74, 6) is 6.04. The van der Waals surface area contributed by atoms with Gasteiger partial charge in [-0.1, -0.05) is 38.2 Å². The summed E-state index contributed by atoms with van der Waals surface area (Å²) in [7, 11) is 0. The summed E-state index contributed by atoms with van der Waals surface area (Å²) in [5.41, 5.74) is -0.147. The minimum absolute atomic E-state index is 0.147. The first kappa shape index (κ1) is 10.4. The van der Waals surface area contributed by atoms with Crippen molar-refractivity contribution < 1.29 is 0 Å². The van der Waals surface area contributed by atoms with E-state index in [2.05, 4.69) is 37.9 Å². The molecule has 3 nitrogen and oxygen atoms in total. The maximum Gasteiger partial charge on any atom is 0.0847 e. The van der Waals surface area contributed by atoms with E-state index < -0.39 is 0 Å². The highest BCUT2D eigenvalue weighted by atomic mass is 15.8. The first-order valence-corrected chi connectivity index (χ1v) is 4.81. The fourth-order valence-corrected chi connectivity index (χ4v) is 1.54. The number of nitrogens with two attached hydrogens (primary N) is 1. The molecule has 0 atom stereocenters. The van der Waals surface area contributed by atoms with Crippen LogP contribution >= 0.6 is 0 Å². The van der Waals surface area contributed by atoms with Gasteiger partial charge in [0.2, 0.25) is 0 Å². The van der Waals surface area contributed by atoms with Gasteiger partial charge in [0.1, 0.15) is 0 Å². The molecule has 0 saturated heterocycles. The van der Waals surface area contributed by atoms with Crippen LogP contribution in [0.1, 0.15) is 20.8 Å². The van der Waals surface area contributed by atoms with Gasteiger partial charge < -0.3 is 0 Å². The molecule has 0 aromatic carbocycles. The monoisotopic (exact) mass is 181 g/mol. The molecule has 0 amide bonds. The lowest BCUT2D eigenvalue weighted by atomic mass is 10.1. The normalized spacial score (nSPS) is 19.2. The van der Waals surface area contributed by atoms with Crippen LogP contribution in [0.25, 0.3) is 0 Å². The van der Waals surface area contributed by atoms with Crippen LogP contribution in [0.2, 0.25) is 0 Å². The number of rotatable bonds is 4. The standard InChI is InChI=1S/C10H19N3/c1-4-12(5-2)13(11)10(3)8-6-7-9-10/h6-9H,4-5,11H2,1-3H3. The Morgan fingerprint density at radius 1 is 1.15 bits per heavy atom. The highest BCUT2D eigenvalue weighted by molar-refractivity contribution is 5.28. The van der Waals surface area contributed by atoms with E-state index in [1.54, 1.807) is 5.12 Å². The molecule has 0 radical (unpaired) electrons. The molecule has 0 aliphatic heterocycles. The molecule has 0 saturated carbocycles. The van der Waals surface area contributed by atoms with Gasteiger partial charge in [-0.25, -0.2) is 5.01 Å². The summed E-state index contributed by atoms with van der Waals surface area (Å²) >= 11 is 0. The van der Waals surface area contributed by atoms with Gasteiger partial charge in [-0.3, -0.25) is 5.84 Å². The van der Waals surface area contributed by atoms with Crippen molar-refractivity contribution in [3.05, 3.63) is 24.3 Å². The molecule has 0 bridgehead atoms. The van der Waals surface area contributed by atoms with Gasteiger partial charge in [-0.05, 0) is 6.92 Å². The van der Waals surface area contributed by atoms with Crippen molar-refractivity contribution in [2.45, 2.75) is 26.3 Å². The molecule has 0 heterocycles. The first-order valence-electron chi connectivity index (χ1n) is 4.81. The minimum atomic E-state index is -0.147. The highest BCUT2D eigenvalue weighted by Crippen LogP contribution is 2.21. The van der Waals surface area contributed by atoms with E-state index in [1.807, 2.05) is 12.2 Å². The molecule has 0 fully saturated rings. The van der Waals surface area contributed by atoms with Crippen molar-refractivity contribution in [3.8, 4) is 0 Å². The Kier molecular flexibility index (Phi) is 3.25. The van der Waals surface area contributed by atoms with Crippen molar-refractivity contribution in [3.63, 3.8) is 0 Å². The van der Waals surface area contributed by atoms with Crippen LogP contribution in [0.3, 0.4) is 0 Å². The van der Waals surface area contributed by atoms with E-state index in [0.717, 1.165) is 13.1 Å². The van der Waals surface area contributed by atoms with Gasteiger partial charge in [0.05, 0.1) is 5.54 Å². The van der Waals surface area contributed by atoms with Gasteiger partial charge in [-0.15, -0.1) is 0 Å². The zero-order valence-corrected chi connectivity index (χ0v) is 8.70. The second-order valence-electron chi connectivity index (χ2n) is 3.43. The first-order chi connectivity index (χ1) is 6.14. The van der Waals surface area contributed by atoms with E-state index in [-0.39, 0.29) is 5.54 Å². The van der Waals surface area contributed by atoms with Crippen LogP contribution in [0.4, 0.5) is 0 Å². The Bertz CT molecular complexity index is 204. The summed E-state index contributed by atoms with van der Waals surface area (Å²) in [6.45, 7) is 8.18. The lowest BCUT2D eigenvalue weighted by Gasteiger charge is -2.39. The maximum absolute atomic E-state index is 6.04. The van der Waals surface area contributed by atoms with Gasteiger partial charge in [0, 0.05) is 13.1 Å². The van der Waals surface area contributed by atoms with E-state index in [4.69, 9.17) is 5.84 Å². The molecule has 74 valence electrons. The molecule has 0 aromatic rings. The topological polar surface area (TPSA) is 32.5 Å². The van der Waals surface area contributed by atoms with Crippen LogP contribution in [0.5, 0.6) is 0 Å². The average molecular weight is 181 g/mol. The van der Waals surface area contributed by atoms with Crippen molar-refractivity contribution in [2.75, 3.05) is 13.1 Å². The van der Waals surface area contributed by atoms with E-state index in [9.17, 15) is 0 Å². The van der Waals surface area contributed by atoms with Gasteiger partial charge >= 0.3 is 0 Å². The molecule has 1 rings (SSSR count). The Balaban J connectivity index is 2.70. The fourth-order valence-electron chi connectivity index (χ4n) is 1.54. The predicted octanol–water partition coefficient (Wildman–Crippen LogP) is 1.30. The van der Waals surface area contributed by atoms with Crippen molar-refractivity contribution in [2.24, 2.45) is 5.84 Å². The Morgan fingerprint density at radius 2 is 1.62 bits per heavy atom. The molecule has 13 heavy (non-hydrogen) atoms. The van der Waals surface area contributed by atoms with Crippen LogP contribution in [0.15, 0.2) is 24.3 Å². The number of allylic oxidation sites excluding steroid dienone is 2. The summed E-state index contributed by atoms with van der Waals surface area (Å²) in [6.07, 6.45) is 8.27. The lowest BCUT2D eigenvalue weighted by molar-refractivity contribution is -0.0630. The lowest BCUT2D eigenvalue weighted by Crippen LogP contribution is -2.57. The predicted molar refractivity (Wildman–Crippen MR) is 55.6 cm³/mol.